The lowest BCUT2D eigenvalue weighted by Crippen LogP contribution is -2.48. The van der Waals surface area contributed by atoms with Gasteiger partial charge in [0.15, 0.2) is 0 Å². The van der Waals surface area contributed by atoms with Crippen LogP contribution in [0.15, 0.2) is 65.9 Å². The predicted octanol–water partition coefficient (Wildman–Crippen LogP) is 3.00. The van der Waals surface area contributed by atoms with Crippen molar-refractivity contribution in [2.45, 2.75) is 19.5 Å². The highest BCUT2D eigenvalue weighted by Crippen LogP contribution is 2.30. The van der Waals surface area contributed by atoms with Crippen molar-refractivity contribution in [3.8, 4) is 5.75 Å². The summed E-state index contributed by atoms with van der Waals surface area (Å²) in [5.41, 5.74) is 2.81. The van der Waals surface area contributed by atoms with E-state index >= 15 is 0 Å². The molecular weight excluding hydrogens is 382 g/mol. The Labute approximate surface area is 176 Å². The molecule has 2 aromatic rings. The van der Waals surface area contributed by atoms with Crippen LogP contribution in [0, 0.1) is 0 Å². The smallest absolute Gasteiger partial charge is 0.338 e. The Hall–Kier alpha value is -3.32. The van der Waals surface area contributed by atoms with Gasteiger partial charge >= 0.3 is 12.0 Å². The molecule has 0 aliphatic carbocycles. The molecule has 2 amide bonds. The number of likely N-dealkylation sites (N-methyl/N-ethyl adjacent to an activating group) is 1. The molecule has 1 atom stereocenters. The minimum atomic E-state index is -0.631. The second kappa shape index (κ2) is 9.93. The van der Waals surface area contributed by atoms with Gasteiger partial charge in [0, 0.05) is 18.8 Å². The average Bonchev–Trinajstić information content (AvgIpc) is 2.74. The number of esters is 1. The van der Waals surface area contributed by atoms with Crippen molar-refractivity contribution >= 4 is 12.0 Å². The summed E-state index contributed by atoms with van der Waals surface area (Å²) in [6.45, 7) is 3.06. The molecule has 2 N–H and O–H groups in total. The van der Waals surface area contributed by atoms with Crippen molar-refractivity contribution in [2.24, 2.45) is 0 Å². The second-order valence-electron chi connectivity index (χ2n) is 7.08. The molecule has 0 fully saturated rings. The number of nitrogens with zero attached hydrogens (tertiary/aromatic N) is 1. The average molecular weight is 409 g/mol. The fraction of sp³-hybridized carbons (Fsp3) is 0.304. The topological polar surface area (TPSA) is 79.9 Å². The van der Waals surface area contributed by atoms with Gasteiger partial charge in [-0.15, -0.1) is 0 Å². The van der Waals surface area contributed by atoms with Gasteiger partial charge in [0.2, 0.25) is 0 Å². The molecule has 0 bridgehead atoms. The molecular formula is C23H27N3O4. The van der Waals surface area contributed by atoms with Crippen LogP contribution >= 0.6 is 0 Å². The molecule has 0 saturated carbocycles. The van der Waals surface area contributed by atoms with Gasteiger partial charge in [-0.25, -0.2) is 9.59 Å². The van der Waals surface area contributed by atoms with Crippen LogP contribution in [0.4, 0.5) is 4.79 Å². The summed E-state index contributed by atoms with van der Waals surface area (Å²) in [4.78, 5) is 27.3. The minimum absolute atomic E-state index is 0.244. The molecule has 2 aromatic carbocycles. The first kappa shape index (κ1) is 21.4. The van der Waals surface area contributed by atoms with Crippen LogP contribution in [0.2, 0.25) is 0 Å². The van der Waals surface area contributed by atoms with E-state index in [0.717, 1.165) is 11.1 Å². The Morgan fingerprint density at radius 2 is 1.87 bits per heavy atom. The van der Waals surface area contributed by atoms with Crippen molar-refractivity contribution < 1.29 is 19.1 Å². The van der Waals surface area contributed by atoms with Crippen LogP contribution in [-0.4, -0.2) is 44.2 Å². The molecule has 0 unspecified atom stereocenters. The largest absolute Gasteiger partial charge is 0.497 e. The lowest BCUT2D eigenvalue weighted by atomic mass is 9.94. The van der Waals surface area contributed by atoms with Crippen LogP contribution in [0.25, 0.3) is 0 Å². The van der Waals surface area contributed by atoms with E-state index in [-0.39, 0.29) is 12.6 Å². The molecule has 0 saturated heterocycles. The van der Waals surface area contributed by atoms with E-state index in [1.54, 1.807) is 20.1 Å². The van der Waals surface area contributed by atoms with E-state index in [4.69, 9.17) is 9.47 Å². The van der Waals surface area contributed by atoms with Gasteiger partial charge in [-0.2, -0.15) is 0 Å². The van der Waals surface area contributed by atoms with Crippen molar-refractivity contribution in [3.05, 3.63) is 77.0 Å². The number of carbonyl (C=O) groups excluding carboxylic acids is 2. The SMILES string of the molecule is CCOC(=O)C1=C(CN(C)Cc2ccccc2)NC(=O)N[C@H]1c1cccc(OC)c1. The van der Waals surface area contributed by atoms with Crippen molar-refractivity contribution in [3.63, 3.8) is 0 Å². The van der Waals surface area contributed by atoms with Gasteiger partial charge in [-0.05, 0) is 37.2 Å². The molecule has 1 aliphatic heterocycles. The minimum Gasteiger partial charge on any atom is -0.497 e. The Morgan fingerprint density at radius 3 is 2.57 bits per heavy atom. The number of hydrogen-bond acceptors (Lipinski definition) is 5. The maximum absolute atomic E-state index is 12.9. The fourth-order valence-corrected chi connectivity index (χ4v) is 3.48. The normalized spacial score (nSPS) is 16.1. The standard InChI is InChI=1S/C23H27N3O4/c1-4-30-22(27)20-19(15-26(2)14-16-9-6-5-7-10-16)24-23(28)25-21(20)17-11-8-12-18(13-17)29-3/h5-13,21H,4,14-15H2,1-3H3,(H2,24,25,28)/t21-/m0/s1. The monoisotopic (exact) mass is 409 g/mol. The van der Waals surface area contributed by atoms with Gasteiger partial charge in [-0.3, -0.25) is 4.90 Å². The number of nitrogens with one attached hydrogen (secondary N) is 2. The van der Waals surface area contributed by atoms with Crippen LogP contribution in [0.1, 0.15) is 24.1 Å². The summed E-state index contributed by atoms with van der Waals surface area (Å²) in [5.74, 6) is 0.187. The molecule has 30 heavy (non-hydrogen) atoms. The number of methoxy groups -OCH3 is 1. The van der Waals surface area contributed by atoms with Gasteiger partial charge in [0.1, 0.15) is 5.75 Å². The Bertz CT molecular complexity index is 927. The maximum Gasteiger partial charge on any atom is 0.338 e. The third-order valence-electron chi connectivity index (χ3n) is 4.80. The summed E-state index contributed by atoms with van der Waals surface area (Å²) in [6, 6.07) is 16.3. The van der Waals surface area contributed by atoms with Gasteiger partial charge in [0.25, 0.3) is 0 Å². The lowest BCUT2D eigenvalue weighted by molar-refractivity contribution is -0.139. The summed E-state index contributed by atoms with van der Waals surface area (Å²) < 4.78 is 10.6. The maximum atomic E-state index is 12.9. The van der Waals surface area contributed by atoms with Crippen LogP contribution in [0.3, 0.4) is 0 Å². The van der Waals surface area contributed by atoms with Crippen LogP contribution in [0.5, 0.6) is 5.75 Å². The van der Waals surface area contributed by atoms with E-state index in [0.29, 0.717) is 30.1 Å². The first-order chi connectivity index (χ1) is 14.5. The molecule has 7 nitrogen and oxygen atoms in total. The lowest BCUT2D eigenvalue weighted by Gasteiger charge is -2.31. The van der Waals surface area contributed by atoms with Gasteiger partial charge < -0.3 is 20.1 Å². The number of amides is 2. The summed E-state index contributed by atoms with van der Waals surface area (Å²) in [6.07, 6.45) is 0. The van der Waals surface area contributed by atoms with E-state index in [9.17, 15) is 9.59 Å². The highest BCUT2D eigenvalue weighted by molar-refractivity contribution is 5.95. The zero-order valence-corrected chi connectivity index (χ0v) is 17.5. The summed E-state index contributed by atoms with van der Waals surface area (Å²) in [7, 11) is 3.52. The molecule has 0 spiro atoms. The quantitative estimate of drug-likeness (QED) is 0.655. The zero-order valence-electron chi connectivity index (χ0n) is 17.5. The number of benzene rings is 2. The summed E-state index contributed by atoms with van der Waals surface area (Å²) >= 11 is 0. The molecule has 3 rings (SSSR count). The number of rotatable bonds is 8. The third-order valence-corrected chi connectivity index (χ3v) is 4.80. The first-order valence-electron chi connectivity index (χ1n) is 9.86. The Balaban J connectivity index is 1.95. The van der Waals surface area contributed by atoms with Gasteiger partial charge in [0.05, 0.1) is 25.3 Å². The molecule has 1 aliphatic rings. The molecule has 0 aromatic heterocycles. The highest BCUT2D eigenvalue weighted by Gasteiger charge is 2.34. The van der Waals surface area contributed by atoms with E-state index in [1.807, 2.05) is 60.5 Å². The molecule has 1 heterocycles. The number of carbonyl (C=O) groups is 2. The van der Waals surface area contributed by atoms with E-state index in [2.05, 4.69) is 10.6 Å². The summed E-state index contributed by atoms with van der Waals surface area (Å²) in [5, 5.41) is 5.65. The van der Waals surface area contributed by atoms with Gasteiger partial charge in [-0.1, -0.05) is 42.5 Å². The van der Waals surface area contributed by atoms with Crippen LogP contribution < -0.4 is 15.4 Å². The molecule has 158 valence electrons. The Kier molecular flexibility index (Phi) is 7.08. The van der Waals surface area contributed by atoms with E-state index < -0.39 is 12.0 Å². The number of hydrogen-bond donors (Lipinski definition) is 2. The molecule has 0 radical (unpaired) electrons. The number of urea groups is 1. The first-order valence-corrected chi connectivity index (χ1v) is 9.86. The van der Waals surface area contributed by atoms with Crippen LogP contribution in [-0.2, 0) is 16.1 Å². The van der Waals surface area contributed by atoms with Crippen molar-refractivity contribution in [1.29, 1.82) is 0 Å². The fourth-order valence-electron chi connectivity index (χ4n) is 3.48. The highest BCUT2D eigenvalue weighted by atomic mass is 16.5. The van der Waals surface area contributed by atoms with Crippen molar-refractivity contribution in [1.82, 2.24) is 15.5 Å². The predicted molar refractivity (Wildman–Crippen MR) is 114 cm³/mol. The second-order valence-corrected chi connectivity index (χ2v) is 7.08. The Morgan fingerprint density at radius 1 is 1.10 bits per heavy atom. The van der Waals surface area contributed by atoms with Crippen molar-refractivity contribution in [2.75, 3.05) is 27.3 Å². The molecule has 7 heteroatoms. The zero-order chi connectivity index (χ0) is 21.5. The third kappa shape index (κ3) is 5.18. The number of ether oxygens (including phenoxy) is 2. The van der Waals surface area contributed by atoms with E-state index in [1.165, 1.54) is 0 Å².